The van der Waals surface area contributed by atoms with Crippen molar-refractivity contribution in [2.24, 2.45) is 0 Å². The maximum Gasteiger partial charge on any atom is 0.573 e. The smallest absolute Gasteiger partial charge is 0.406 e. The average Bonchev–Trinajstić information content (AvgIpc) is 2.88. The van der Waals surface area contributed by atoms with Crippen LogP contribution >= 0.6 is 0 Å². The SMILES string of the molecule is Cc1ccc(-c2cccc(OC(F)(F)F)c2)cc1OC(F)(F)F.FC(F)(F)Oc1ccccc1-c1ccccc1C(F)(F)F. The molecule has 0 aliphatic carbocycles. The number of hydrogen-bond donors (Lipinski definition) is 0. The number of aryl methyl sites for hydroxylation is 1. The van der Waals surface area contributed by atoms with Gasteiger partial charge in [-0.05, 0) is 59.5 Å². The summed E-state index contributed by atoms with van der Waals surface area (Å²) in [6.45, 7) is 1.42. The van der Waals surface area contributed by atoms with Gasteiger partial charge in [-0.1, -0.05) is 60.7 Å². The minimum atomic E-state index is -4.98. The summed E-state index contributed by atoms with van der Waals surface area (Å²) in [6, 6.07) is 18.0. The number of benzene rings is 4. The molecule has 0 N–H and O–H groups in total. The summed E-state index contributed by atoms with van der Waals surface area (Å²) in [5, 5.41) is 0. The number of ether oxygens (including phenoxy) is 3. The Morgan fingerprint density at radius 1 is 0.455 bits per heavy atom. The largest absolute Gasteiger partial charge is 0.573 e. The molecule has 15 heteroatoms. The number of hydrogen-bond acceptors (Lipinski definition) is 3. The highest BCUT2D eigenvalue weighted by atomic mass is 19.4. The zero-order valence-electron chi connectivity index (χ0n) is 21.9. The molecule has 0 unspecified atom stereocenters. The predicted molar refractivity (Wildman–Crippen MR) is 134 cm³/mol. The first kappa shape index (κ1) is 33.9. The molecule has 0 atom stereocenters. The van der Waals surface area contributed by atoms with Gasteiger partial charge in [0, 0.05) is 5.56 Å². The molecule has 0 aromatic heterocycles. The van der Waals surface area contributed by atoms with Crippen LogP contribution in [0.15, 0.2) is 91.0 Å². The van der Waals surface area contributed by atoms with Gasteiger partial charge in [0.15, 0.2) is 0 Å². The molecule has 0 spiro atoms. The van der Waals surface area contributed by atoms with Crippen molar-refractivity contribution in [3.8, 4) is 39.5 Å². The Hall–Kier alpha value is -4.56. The minimum Gasteiger partial charge on any atom is -0.406 e. The Bertz CT molecular complexity index is 1550. The summed E-state index contributed by atoms with van der Waals surface area (Å²) >= 11 is 0. The van der Waals surface area contributed by atoms with E-state index in [2.05, 4.69) is 14.2 Å². The fourth-order valence-electron chi connectivity index (χ4n) is 3.76. The summed E-state index contributed by atoms with van der Waals surface area (Å²) in [5.74, 6) is -1.56. The molecule has 3 nitrogen and oxygen atoms in total. The van der Waals surface area contributed by atoms with Crippen LogP contribution in [0.25, 0.3) is 22.3 Å². The third-order valence-corrected chi connectivity index (χ3v) is 5.45. The Morgan fingerprint density at radius 2 is 0.977 bits per heavy atom. The molecule has 0 bridgehead atoms. The van der Waals surface area contributed by atoms with Gasteiger partial charge in [-0.3, -0.25) is 0 Å². The van der Waals surface area contributed by atoms with E-state index in [1.807, 2.05) is 0 Å². The highest BCUT2D eigenvalue weighted by Gasteiger charge is 2.36. The van der Waals surface area contributed by atoms with Crippen molar-refractivity contribution in [2.45, 2.75) is 32.2 Å². The molecule has 0 fully saturated rings. The van der Waals surface area contributed by atoms with Crippen LogP contribution in [0.1, 0.15) is 11.1 Å². The number of alkyl halides is 12. The summed E-state index contributed by atoms with van der Waals surface area (Å²) in [5.41, 5.74) is -0.897. The normalized spacial score (nSPS) is 12.2. The van der Waals surface area contributed by atoms with Gasteiger partial charge in [0.1, 0.15) is 17.2 Å². The molecular weight excluding hydrogens is 624 g/mol. The number of rotatable bonds is 5. The van der Waals surface area contributed by atoms with E-state index in [9.17, 15) is 52.7 Å². The maximum absolute atomic E-state index is 12.9. The molecule has 44 heavy (non-hydrogen) atoms. The molecular formula is C29H18F12O3. The van der Waals surface area contributed by atoms with E-state index in [1.165, 1.54) is 55.5 Å². The molecule has 0 saturated carbocycles. The quantitative estimate of drug-likeness (QED) is 0.203. The van der Waals surface area contributed by atoms with Crippen molar-refractivity contribution < 1.29 is 66.9 Å². The summed E-state index contributed by atoms with van der Waals surface area (Å²) in [4.78, 5) is 0. The molecule has 0 aliphatic heterocycles. The van der Waals surface area contributed by atoms with Gasteiger partial charge in [-0.2, -0.15) is 13.2 Å². The third kappa shape index (κ3) is 10.3. The van der Waals surface area contributed by atoms with Crippen molar-refractivity contribution in [2.75, 3.05) is 0 Å². The standard InChI is InChI=1S/C15H10F6O2.C14H8F6O/c1-9-5-6-11(8-13(9)23-15(19,20)21)10-3-2-4-12(7-10)22-14(16,17)18;15-13(16,17)11-7-3-1-5-9(11)10-6-2-4-8-12(10)21-14(18,19)20/h2-8H,1H3;1-8H. The second-order valence-electron chi connectivity index (χ2n) is 8.69. The fourth-order valence-corrected chi connectivity index (χ4v) is 3.76. The van der Waals surface area contributed by atoms with Gasteiger partial charge in [-0.25, -0.2) is 0 Å². The maximum atomic E-state index is 12.9. The average molecular weight is 642 g/mol. The fraction of sp³-hybridized carbons (Fsp3) is 0.172. The first-order valence-corrected chi connectivity index (χ1v) is 12.0. The van der Waals surface area contributed by atoms with E-state index in [1.54, 1.807) is 0 Å². The predicted octanol–water partition coefficient (Wildman–Crippen LogP) is 10.7. The Morgan fingerprint density at radius 3 is 1.57 bits per heavy atom. The lowest BCUT2D eigenvalue weighted by Gasteiger charge is -2.16. The lowest BCUT2D eigenvalue weighted by atomic mass is 9.98. The number of halogens is 12. The van der Waals surface area contributed by atoms with Gasteiger partial charge in [-0.15, -0.1) is 39.5 Å². The lowest BCUT2D eigenvalue weighted by Crippen LogP contribution is -2.18. The second kappa shape index (κ2) is 13.0. The third-order valence-electron chi connectivity index (χ3n) is 5.45. The van der Waals surface area contributed by atoms with Gasteiger partial charge in [0.25, 0.3) is 0 Å². The monoisotopic (exact) mass is 642 g/mol. The van der Waals surface area contributed by atoms with E-state index in [-0.39, 0.29) is 27.8 Å². The topological polar surface area (TPSA) is 27.7 Å². The summed E-state index contributed by atoms with van der Waals surface area (Å²) < 4.78 is 161. The Kier molecular flexibility index (Phi) is 10.0. The first-order chi connectivity index (χ1) is 20.2. The van der Waals surface area contributed by atoms with Gasteiger partial charge < -0.3 is 14.2 Å². The van der Waals surface area contributed by atoms with Crippen LogP contribution in [0.2, 0.25) is 0 Å². The van der Waals surface area contributed by atoms with E-state index in [4.69, 9.17) is 0 Å². The van der Waals surface area contributed by atoms with Crippen molar-refractivity contribution in [3.05, 3.63) is 102 Å². The highest BCUT2D eigenvalue weighted by molar-refractivity contribution is 5.74. The molecule has 236 valence electrons. The summed E-state index contributed by atoms with van der Waals surface area (Å²) in [7, 11) is 0. The van der Waals surface area contributed by atoms with Crippen LogP contribution in [0.5, 0.6) is 17.2 Å². The molecule has 0 radical (unpaired) electrons. The van der Waals surface area contributed by atoms with Crippen LogP contribution in [0.4, 0.5) is 52.7 Å². The lowest BCUT2D eigenvalue weighted by molar-refractivity contribution is -0.275. The Balaban J connectivity index is 0.000000241. The molecule has 0 aliphatic rings. The van der Waals surface area contributed by atoms with E-state index >= 15 is 0 Å². The molecule has 0 amide bonds. The molecule has 0 heterocycles. The number of para-hydroxylation sites is 1. The Labute approximate surface area is 241 Å². The molecule has 0 saturated heterocycles. The van der Waals surface area contributed by atoms with E-state index < -0.39 is 48.1 Å². The van der Waals surface area contributed by atoms with E-state index in [0.717, 1.165) is 42.5 Å². The first-order valence-electron chi connectivity index (χ1n) is 12.0. The molecule has 4 rings (SSSR count). The van der Waals surface area contributed by atoms with E-state index in [0.29, 0.717) is 0 Å². The highest BCUT2D eigenvalue weighted by Crippen LogP contribution is 2.41. The van der Waals surface area contributed by atoms with Crippen molar-refractivity contribution in [3.63, 3.8) is 0 Å². The minimum absolute atomic E-state index is 0.244. The molecule has 4 aromatic rings. The summed E-state index contributed by atoms with van der Waals surface area (Å²) in [6.07, 6.45) is -19.4. The van der Waals surface area contributed by atoms with Gasteiger partial charge >= 0.3 is 25.3 Å². The van der Waals surface area contributed by atoms with Crippen LogP contribution < -0.4 is 14.2 Å². The van der Waals surface area contributed by atoms with Crippen LogP contribution in [-0.2, 0) is 6.18 Å². The zero-order valence-corrected chi connectivity index (χ0v) is 21.9. The van der Waals surface area contributed by atoms with Crippen molar-refractivity contribution >= 4 is 0 Å². The second-order valence-corrected chi connectivity index (χ2v) is 8.69. The van der Waals surface area contributed by atoms with Crippen LogP contribution in [0, 0.1) is 6.92 Å². The van der Waals surface area contributed by atoms with Gasteiger partial charge in [0.05, 0.1) is 5.56 Å². The molecule has 4 aromatic carbocycles. The van der Waals surface area contributed by atoms with Crippen LogP contribution in [-0.4, -0.2) is 19.1 Å². The zero-order chi connectivity index (χ0) is 32.9. The van der Waals surface area contributed by atoms with Crippen molar-refractivity contribution in [1.82, 2.24) is 0 Å². The van der Waals surface area contributed by atoms with Crippen molar-refractivity contribution in [1.29, 1.82) is 0 Å². The van der Waals surface area contributed by atoms with Gasteiger partial charge in [0.2, 0.25) is 0 Å². The van der Waals surface area contributed by atoms with Crippen LogP contribution in [0.3, 0.4) is 0 Å².